The summed E-state index contributed by atoms with van der Waals surface area (Å²) in [5.41, 5.74) is 1.89. The lowest BCUT2D eigenvalue weighted by Gasteiger charge is -2.27. The van der Waals surface area contributed by atoms with Gasteiger partial charge < -0.3 is 5.32 Å². The molecule has 0 amide bonds. The zero-order valence-electron chi connectivity index (χ0n) is 13.9. The van der Waals surface area contributed by atoms with Crippen molar-refractivity contribution in [3.63, 3.8) is 0 Å². The Morgan fingerprint density at radius 1 is 1.41 bits per heavy atom. The van der Waals surface area contributed by atoms with Gasteiger partial charge in [0.1, 0.15) is 5.82 Å². The van der Waals surface area contributed by atoms with E-state index in [0.29, 0.717) is 0 Å². The molecule has 0 saturated heterocycles. The number of nitrogens with zero attached hydrogens (tertiary/aromatic N) is 3. The number of pyridine rings is 1. The molecule has 2 aromatic heterocycles. The van der Waals surface area contributed by atoms with E-state index in [1.165, 1.54) is 0 Å². The van der Waals surface area contributed by atoms with Crippen molar-refractivity contribution in [2.45, 2.75) is 52.5 Å². The van der Waals surface area contributed by atoms with Gasteiger partial charge in [-0.2, -0.15) is 5.10 Å². The van der Waals surface area contributed by atoms with Gasteiger partial charge in [-0.15, -0.1) is 0 Å². The summed E-state index contributed by atoms with van der Waals surface area (Å²) >= 11 is 6.37. The van der Waals surface area contributed by atoms with Crippen molar-refractivity contribution in [1.82, 2.24) is 14.8 Å². The average molecular weight is 321 g/mol. The maximum Gasteiger partial charge on any atom is 0.124 e. The average Bonchev–Trinajstić information content (AvgIpc) is 3.01. The quantitative estimate of drug-likeness (QED) is 0.906. The van der Waals surface area contributed by atoms with E-state index in [4.69, 9.17) is 16.7 Å². The Labute approximate surface area is 137 Å². The fourth-order valence-corrected chi connectivity index (χ4v) is 3.05. The molecule has 0 saturated carbocycles. The van der Waals surface area contributed by atoms with Gasteiger partial charge in [0.15, 0.2) is 0 Å². The van der Waals surface area contributed by atoms with Crippen molar-refractivity contribution >= 4 is 17.4 Å². The molecule has 1 aliphatic heterocycles. The van der Waals surface area contributed by atoms with Crippen LogP contribution in [0.15, 0.2) is 24.5 Å². The second-order valence-electron chi connectivity index (χ2n) is 5.46. The van der Waals surface area contributed by atoms with Gasteiger partial charge in [-0.25, -0.2) is 4.68 Å². The third-order valence-electron chi connectivity index (χ3n) is 4.27. The van der Waals surface area contributed by atoms with E-state index in [1.807, 2.05) is 26.1 Å². The number of hydrogen-bond acceptors (Lipinski definition) is 3. The first-order valence-corrected chi connectivity index (χ1v) is 8.45. The minimum Gasteiger partial charge on any atom is -0.370 e. The highest BCUT2D eigenvalue weighted by Crippen LogP contribution is 2.38. The van der Waals surface area contributed by atoms with Crippen molar-refractivity contribution in [2.24, 2.45) is 0 Å². The molecule has 0 spiro atoms. The number of anilines is 1. The topological polar surface area (TPSA) is 42.7 Å². The minimum atomic E-state index is -0.211. The lowest BCUT2D eigenvalue weighted by atomic mass is 9.78. The molecule has 0 aromatic carbocycles. The molecule has 1 unspecified atom stereocenters. The van der Waals surface area contributed by atoms with Crippen LogP contribution in [0.25, 0.3) is 0 Å². The summed E-state index contributed by atoms with van der Waals surface area (Å²) < 4.78 is 2.05. The fourth-order valence-electron chi connectivity index (χ4n) is 2.74. The Morgan fingerprint density at radius 2 is 2.18 bits per heavy atom. The highest BCUT2D eigenvalue weighted by Gasteiger charge is 2.33. The van der Waals surface area contributed by atoms with Crippen LogP contribution < -0.4 is 5.32 Å². The van der Waals surface area contributed by atoms with Gasteiger partial charge >= 0.3 is 0 Å². The van der Waals surface area contributed by atoms with Crippen LogP contribution in [0.4, 0.5) is 5.82 Å². The van der Waals surface area contributed by atoms with Gasteiger partial charge in [0.25, 0.3) is 0 Å². The molecule has 1 N–H and O–H groups in total. The molecule has 22 heavy (non-hydrogen) atoms. The summed E-state index contributed by atoms with van der Waals surface area (Å²) in [6.45, 7) is 10.3. The number of hydrogen-bond donors (Lipinski definition) is 1. The Balaban J connectivity index is 0.000000847. The van der Waals surface area contributed by atoms with Gasteiger partial charge in [-0.05, 0) is 25.8 Å². The maximum atomic E-state index is 6.37. The molecule has 4 nitrogen and oxygen atoms in total. The summed E-state index contributed by atoms with van der Waals surface area (Å²) in [5, 5.41) is 8.93. The molecular formula is C17H25ClN4. The van der Waals surface area contributed by atoms with Crippen LogP contribution in [0.3, 0.4) is 0 Å². The molecule has 0 aliphatic carbocycles. The van der Waals surface area contributed by atoms with Crippen molar-refractivity contribution in [2.75, 3.05) is 11.9 Å². The summed E-state index contributed by atoms with van der Waals surface area (Å²) in [4.78, 5) is 4.23. The molecule has 5 heteroatoms. The second-order valence-corrected chi connectivity index (χ2v) is 5.87. The summed E-state index contributed by atoms with van der Waals surface area (Å²) in [6.07, 6.45) is 5.62. The Hall–Kier alpha value is -1.55. The number of rotatable bonds is 3. The maximum absolute atomic E-state index is 6.37. The van der Waals surface area contributed by atoms with Gasteiger partial charge in [0.2, 0.25) is 0 Å². The molecule has 0 bridgehead atoms. The van der Waals surface area contributed by atoms with Crippen molar-refractivity contribution in [3.8, 4) is 0 Å². The van der Waals surface area contributed by atoms with Gasteiger partial charge in [0.05, 0.1) is 5.69 Å². The predicted octanol–water partition coefficient (Wildman–Crippen LogP) is 4.49. The number of aryl methyl sites for hydroxylation is 1. The zero-order valence-corrected chi connectivity index (χ0v) is 14.6. The lowest BCUT2D eigenvalue weighted by molar-refractivity contribution is 0.499. The summed E-state index contributed by atoms with van der Waals surface area (Å²) in [6, 6.07) is 3.99. The number of nitrogens with one attached hydrogen (secondary N) is 1. The highest BCUT2D eigenvalue weighted by atomic mass is 35.5. The predicted molar refractivity (Wildman–Crippen MR) is 92.7 cm³/mol. The van der Waals surface area contributed by atoms with E-state index >= 15 is 0 Å². The molecule has 1 aliphatic rings. The molecule has 120 valence electrons. The van der Waals surface area contributed by atoms with Crippen LogP contribution >= 0.6 is 11.6 Å². The summed E-state index contributed by atoms with van der Waals surface area (Å²) in [5.74, 6) is 1.10. The first-order chi connectivity index (χ1) is 10.6. The number of fused-ring (bicyclic) bond motifs is 1. The van der Waals surface area contributed by atoms with Crippen molar-refractivity contribution in [3.05, 3.63) is 40.8 Å². The Morgan fingerprint density at radius 3 is 2.82 bits per heavy atom. The normalized spacial score (nSPS) is 15.9. The van der Waals surface area contributed by atoms with Crippen molar-refractivity contribution < 1.29 is 0 Å². The zero-order chi connectivity index (χ0) is 16.2. The molecule has 3 rings (SSSR count). The minimum absolute atomic E-state index is 0.211. The number of aromatic nitrogens is 3. The van der Waals surface area contributed by atoms with Gasteiger partial charge in [0, 0.05) is 47.6 Å². The van der Waals surface area contributed by atoms with E-state index in [1.54, 1.807) is 6.20 Å². The van der Waals surface area contributed by atoms with Gasteiger partial charge in [-0.1, -0.05) is 32.4 Å². The molecule has 0 radical (unpaired) electrons. The van der Waals surface area contributed by atoms with E-state index < -0.39 is 0 Å². The first-order valence-electron chi connectivity index (χ1n) is 8.07. The fraction of sp³-hybridized carbons (Fsp3) is 0.529. The molecule has 3 heterocycles. The van der Waals surface area contributed by atoms with E-state index in [-0.39, 0.29) is 5.41 Å². The highest BCUT2D eigenvalue weighted by molar-refractivity contribution is 6.31. The molecule has 2 aromatic rings. The van der Waals surface area contributed by atoms with Crippen LogP contribution in [0, 0.1) is 0 Å². The molecule has 1 atom stereocenters. The van der Waals surface area contributed by atoms with Crippen molar-refractivity contribution in [1.29, 1.82) is 0 Å². The first kappa shape index (κ1) is 16.8. The number of halogens is 1. The van der Waals surface area contributed by atoms with Crippen LogP contribution in [0.5, 0.6) is 0 Å². The van der Waals surface area contributed by atoms with Crippen LogP contribution in [0.2, 0.25) is 5.02 Å². The Bertz CT molecular complexity index is 599. The SMILES string of the molecule is CC.CCC(C)(c1cc2n(n1)CCCN2)c1cnccc1Cl. The van der Waals surface area contributed by atoms with Gasteiger partial charge in [-0.3, -0.25) is 4.98 Å². The van der Waals surface area contributed by atoms with Crippen LogP contribution in [0.1, 0.15) is 51.8 Å². The third-order valence-corrected chi connectivity index (χ3v) is 4.60. The van der Waals surface area contributed by atoms with E-state index in [2.05, 4.69) is 34.9 Å². The largest absolute Gasteiger partial charge is 0.370 e. The Kier molecular flexibility index (Phi) is 5.46. The summed E-state index contributed by atoms with van der Waals surface area (Å²) in [7, 11) is 0. The third kappa shape index (κ3) is 2.98. The van der Waals surface area contributed by atoms with Crippen LogP contribution in [-0.2, 0) is 12.0 Å². The molecular weight excluding hydrogens is 296 g/mol. The van der Waals surface area contributed by atoms with E-state index in [9.17, 15) is 0 Å². The van der Waals surface area contributed by atoms with Crippen LogP contribution in [-0.4, -0.2) is 21.3 Å². The standard InChI is InChI=1S/C15H19ClN4.C2H6/c1-3-15(2,11-10-17-7-5-12(11)16)13-9-14-18-6-4-8-20(14)19-13;1-2/h5,7,9-10,18H,3-4,6,8H2,1-2H3;1-2H3. The second kappa shape index (κ2) is 7.14. The monoisotopic (exact) mass is 320 g/mol. The molecule has 0 fully saturated rings. The van der Waals surface area contributed by atoms with E-state index in [0.717, 1.165) is 48.0 Å². The lowest BCUT2D eigenvalue weighted by Crippen LogP contribution is -2.24. The smallest absolute Gasteiger partial charge is 0.124 e.